The van der Waals surface area contributed by atoms with Crippen LogP contribution < -0.4 is 9.47 Å². The molecule has 3 nitrogen and oxygen atoms in total. The van der Waals surface area contributed by atoms with Crippen molar-refractivity contribution in [3.05, 3.63) is 23.3 Å². The fourth-order valence-corrected chi connectivity index (χ4v) is 1.89. The molecule has 1 aromatic carbocycles. The van der Waals surface area contributed by atoms with E-state index in [1.807, 2.05) is 0 Å². The van der Waals surface area contributed by atoms with Crippen molar-refractivity contribution >= 4 is 0 Å². The van der Waals surface area contributed by atoms with Crippen LogP contribution in [0.4, 0.5) is 8.78 Å². The molecular formula is C14H20F2O3. The van der Waals surface area contributed by atoms with Gasteiger partial charge in [0, 0.05) is 17.9 Å². The van der Waals surface area contributed by atoms with Gasteiger partial charge in [-0.2, -0.15) is 0 Å². The van der Waals surface area contributed by atoms with E-state index in [0.29, 0.717) is 11.3 Å². The van der Waals surface area contributed by atoms with Crippen LogP contribution in [0.25, 0.3) is 0 Å². The first-order valence-electron chi connectivity index (χ1n) is 5.93. The van der Waals surface area contributed by atoms with Crippen LogP contribution in [0.15, 0.2) is 12.1 Å². The zero-order valence-electron chi connectivity index (χ0n) is 11.9. The van der Waals surface area contributed by atoms with Gasteiger partial charge in [-0.05, 0) is 17.7 Å². The maximum atomic E-state index is 13.8. The van der Waals surface area contributed by atoms with Crippen molar-refractivity contribution in [3.8, 4) is 11.5 Å². The molecule has 0 unspecified atom stereocenters. The lowest BCUT2D eigenvalue weighted by Crippen LogP contribution is -2.27. The van der Waals surface area contributed by atoms with Gasteiger partial charge in [0.1, 0.15) is 0 Å². The van der Waals surface area contributed by atoms with E-state index >= 15 is 0 Å². The SMILES string of the molecule is COc1cc(C(C)(F)F)c(C(C)(C)CO)cc1OC. The molecule has 19 heavy (non-hydrogen) atoms. The lowest BCUT2D eigenvalue weighted by molar-refractivity contribution is 0.0147. The molecule has 1 aromatic rings. The smallest absolute Gasteiger partial charge is 0.270 e. The quantitative estimate of drug-likeness (QED) is 0.896. The Balaban J connectivity index is 3.59. The lowest BCUT2D eigenvalue weighted by Gasteiger charge is -2.29. The fourth-order valence-electron chi connectivity index (χ4n) is 1.89. The molecule has 0 saturated carbocycles. The Morgan fingerprint density at radius 3 is 1.74 bits per heavy atom. The van der Waals surface area contributed by atoms with Crippen LogP contribution in [0.5, 0.6) is 11.5 Å². The predicted octanol–water partition coefficient (Wildman–Crippen LogP) is 3.09. The van der Waals surface area contributed by atoms with Crippen molar-refractivity contribution in [2.75, 3.05) is 20.8 Å². The van der Waals surface area contributed by atoms with Crippen molar-refractivity contribution in [2.45, 2.75) is 32.1 Å². The predicted molar refractivity (Wildman–Crippen MR) is 69.2 cm³/mol. The summed E-state index contributed by atoms with van der Waals surface area (Å²) in [5, 5.41) is 9.41. The second kappa shape index (κ2) is 5.33. The number of benzene rings is 1. The van der Waals surface area contributed by atoms with Gasteiger partial charge >= 0.3 is 0 Å². The minimum atomic E-state index is -3.03. The van der Waals surface area contributed by atoms with Gasteiger partial charge in [0.25, 0.3) is 5.92 Å². The van der Waals surface area contributed by atoms with Crippen molar-refractivity contribution in [1.82, 2.24) is 0 Å². The van der Waals surface area contributed by atoms with E-state index in [1.165, 1.54) is 26.4 Å². The summed E-state index contributed by atoms with van der Waals surface area (Å²) in [6.45, 7) is 3.98. The Morgan fingerprint density at radius 1 is 1.00 bits per heavy atom. The highest BCUT2D eigenvalue weighted by molar-refractivity contribution is 5.51. The molecule has 0 spiro atoms. The average molecular weight is 274 g/mol. The summed E-state index contributed by atoms with van der Waals surface area (Å²) in [6, 6.07) is 2.77. The number of hydrogen-bond acceptors (Lipinski definition) is 3. The van der Waals surface area contributed by atoms with Gasteiger partial charge in [0.15, 0.2) is 11.5 Å². The molecule has 0 atom stereocenters. The molecule has 0 amide bonds. The summed E-state index contributed by atoms with van der Waals surface area (Å²) in [7, 11) is 2.84. The zero-order valence-corrected chi connectivity index (χ0v) is 11.9. The number of aliphatic hydroxyl groups is 1. The second-order valence-electron chi connectivity index (χ2n) is 5.18. The second-order valence-corrected chi connectivity index (χ2v) is 5.18. The molecule has 5 heteroatoms. The van der Waals surface area contributed by atoms with Crippen LogP contribution in [-0.4, -0.2) is 25.9 Å². The number of alkyl halides is 2. The molecule has 0 aromatic heterocycles. The molecular weight excluding hydrogens is 254 g/mol. The largest absolute Gasteiger partial charge is 0.493 e. The molecule has 0 aliphatic heterocycles. The molecule has 1 rings (SSSR count). The maximum Gasteiger partial charge on any atom is 0.270 e. The highest BCUT2D eigenvalue weighted by Gasteiger charge is 2.35. The highest BCUT2D eigenvalue weighted by atomic mass is 19.3. The summed E-state index contributed by atoms with van der Waals surface area (Å²) < 4.78 is 37.7. The number of rotatable bonds is 5. The first-order valence-corrected chi connectivity index (χ1v) is 5.93. The van der Waals surface area contributed by atoms with Crippen LogP contribution >= 0.6 is 0 Å². The first kappa shape index (κ1) is 15.7. The maximum absolute atomic E-state index is 13.8. The van der Waals surface area contributed by atoms with Crippen LogP contribution in [0.2, 0.25) is 0 Å². The molecule has 0 radical (unpaired) electrons. The Morgan fingerprint density at radius 2 is 1.42 bits per heavy atom. The van der Waals surface area contributed by atoms with E-state index in [0.717, 1.165) is 6.92 Å². The van der Waals surface area contributed by atoms with Crippen molar-refractivity contribution in [1.29, 1.82) is 0 Å². The molecule has 0 saturated heterocycles. The van der Waals surface area contributed by atoms with Gasteiger partial charge in [-0.1, -0.05) is 13.8 Å². The summed E-state index contributed by atoms with van der Waals surface area (Å²) in [5.74, 6) is -2.41. The van der Waals surface area contributed by atoms with Crippen LogP contribution in [0.3, 0.4) is 0 Å². The number of ether oxygens (including phenoxy) is 2. The number of methoxy groups -OCH3 is 2. The Bertz CT molecular complexity index is 451. The summed E-state index contributed by atoms with van der Waals surface area (Å²) in [6.07, 6.45) is 0. The monoisotopic (exact) mass is 274 g/mol. The third kappa shape index (κ3) is 3.15. The standard InChI is InChI=1S/C14H20F2O3/c1-13(2,8-17)9-6-11(18-4)12(19-5)7-10(9)14(3,15)16/h6-7,17H,8H2,1-5H3. The van der Waals surface area contributed by atoms with Crippen LogP contribution in [0.1, 0.15) is 31.9 Å². The normalized spacial score (nSPS) is 12.4. The third-order valence-electron chi connectivity index (χ3n) is 3.12. The van der Waals surface area contributed by atoms with E-state index in [4.69, 9.17) is 9.47 Å². The van der Waals surface area contributed by atoms with Crippen molar-refractivity contribution < 1.29 is 23.4 Å². The molecule has 108 valence electrons. The topological polar surface area (TPSA) is 38.7 Å². The Labute approximate surface area is 112 Å². The highest BCUT2D eigenvalue weighted by Crippen LogP contribution is 2.42. The minimum absolute atomic E-state index is 0.163. The van der Waals surface area contributed by atoms with Gasteiger partial charge < -0.3 is 14.6 Å². The third-order valence-corrected chi connectivity index (χ3v) is 3.12. The van der Waals surface area contributed by atoms with Gasteiger partial charge in [-0.15, -0.1) is 0 Å². The van der Waals surface area contributed by atoms with Crippen molar-refractivity contribution in [3.63, 3.8) is 0 Å². The van der Waals surface area contributed by atoms with Gasteiger partial charge in [-0.25, -0.2) is 8.78 Å². The van der Waals surface area contributed by atoms with Crippen molar-refractivity contribution in [2.24, 2.45) is 0 Å². The van der Waals surface area contributed by atoms with E-state index in [2.05, 4.69) is 0 Å². The van der Waals surface area contributed by atoms with E-state index in [-0.39, 0.29) is 17.9 Å². The van der Waals surface area contributed by atoms with Crippen LogP contribution in [-0.2, 0) is 11.3 Å². The number of halogens is 2. The lowest BCUT2D eigenvalue weighted by atomic mass is 9.81. The van der Waals surface area contributed by atoms with Gasteiger partial charge in [0.2, 0.25) is 0 Å². The minimum Gasteiger partial charge on any atom is -0.493 e. The summed E-state index contributed by atoms with van der Waals surface area (Å²) >= 11 is 0. The van der Waals surface area contributed by atoms with Gasteiger partial charge in [-0.3, -0.25) is 0 Å². The van der Waals surface area contributed by atoms with Crippen LogP contribution in [0, 0.1) is 0 Å². The molecule has 0 fully saturated rings. The fraction of sp³-hybridized carbons (Fsp3) is 0.571. The molecule has 0 aliphatic carbocycles. The van der Waals surface area contributed by atoms with E-state index < -0.39 is 11.3 Å². The molecule has 0 heterocycles. The summed E-state index contributed by atoms with van der Waals surface area (Å²) in [5.41, 5.74) is -0.613. The average Bonchev–Trinajstić information content (AvgIpc) is 2.35. The number of hydrogen-bond donors (Lipinski definition) is 1. The molecule has 0 bridgehead atoms. The number of aliphatic hydroxyl groups excluding tert-OH is 1. The van der Waals surface area contributed by atoms with E-state index in [1.54, 1.807) is 13.8 Å². The first-order chi connectivity index (χ1) is 8.67. The molecule has 1 N–H and O–H groups in total. The Kier molecular flexibility index (Phi) is 4.40. The van der Waals surface area contributed by atoms with Gasteiger partial charge in [0.05, 0.1) is 20.8 Å². The zero-order chi connectivity index (χ0) is 14.8. The van der Waals surface area contributed by atoms with E-state index in [9.17, 15) is 13.9 Å². The Hall–Kier alpha value is -1.36. The molecule has 0 aliphatic rings. The summed E-state index contributed by atoms with van der Waals surface area (Å²) in [4.78, 5) is 0.